The van der Waals surface area contributed by atoms with Gasteiger partial charge in [-0.25, -0.2) is 0 Å². The lowest BCUT2D eigenvalue weighted by Gasteiger charge is -2.51. The minimum Gasteiger partial charge on any atom is -0.511 e. The summed E-state index contributed by atoms with van der Waals surface area (Å²) in [6.07, 6.45) is 9.84. The normalized spacial score (nSPS) is 38.4. The van der Waals surface area contributed by atoms with E-state index in [2.05, 4.69) is 0 Å². The molecule has 3 aliphatic rings. The Labute approximate surface area is 211 Å². The third-order valence-corrected chi connectivity index (χ3v) is 7.86. The van der Waals surface area contributed by atoms with Crippen LogP contribution in [0, 0.1) is 11.3 Å². The molecule has 5 atom stereocenters. The lowest BCUT2D eigenvalue weighted by atomic mass is 9.54. The predicted molar refractivity (Wildman–Crippen MR) is 134 cm³/mol. The monoisotopic (exact) mass is 500 g/mol. The van der Waals surface area contributed by atoms with Crippen molar-refractivity contribution in [2.24, 2.45) is 11.3 Å². The van der Waals surface area contributed by atoms with Crippen molar-refractivity contribution in [2.75, 3.05) is 0 Å². The van der Waals surface area contributed by atoms with E-state index in [0.29, 0.717) is 6.42 Å². The number of ether oxygens (including phenoxy) is 1. The average Bonchev–Trinajstić information content (AvgIpc) is 3.01. The molecule has 0 aromatic heterocycles. The molecule has 1 saturated heterocycles. The maximum absolute atomic E-state index is 13.5. The molecule has 0 radical (unpaired) electrons. The molecule has 8 heteroatoms. The Morgan fingerprint density at radius 1 is 1.11 bits per heavy atom. The highest BCUT2D eigenvalue weighted by atomic mass is 16.7. The zero-order valence-electron chi connectivity index (χ0n) is 21.6. The molecule has 0 spiro atoms. The second-order valence-corrected chi connectivity index (χ2v) is 10.3. The zero-order valence-corrected chi connectivity index (χ0v) is 21.6. The summed E-state index contributed by atoms with van der Waals surface area (Å²) in [5, 5.41) is 57.0. The van der Waals surface area contributed by atoms with Gasteiger partial charge in [0, 0.05) is 35.5 Å². The molecule has 1 fully saturated rings. The molecule has 3 rings (SSSR count). The van der Waals surface area contributed by atoms with Crippen LogP contribution in [0.3, 0.4) is 0 Å². The zero-order chi connectivity index (χ0) is 27.3. The van der Waals surface area contributed by atoms with Crippen molar-refractivity contribution >= 4 is 11.6 Å². The van der Waals surface area contributed by atoms with E-state index in [4.69, 9.17) is 4.74 Å². The first-order valence-electron chi connectivity index (χ1n) is 12.0. The number of carbonyl (C=O) groups excluding carboxylic acids is 2. The highest BCUT2D eigenvalue weighted by molar-refractivity contribution is 6.05. The number of hydrogen-bond donors (Lipinski definition) is 5. The molecule has 1 aliphatic heterocycles. The fraction of sp³-hybridized carbons (Fsp3) is 0.500. The van der Waals surface area contributed by atoms with Crippen molar-refractivity contribution in [2.45, 2.75) is 77.8 Å². The van der Waals surface area contributed by atoms with Gasteiger partial charge in [0.2, 0.25) is 5.79 Å². The molecule has 0 bridgehead atoms. The molecule has 5 N–H and O–H groups in total. The number of aliphatic hydroxyl groups is 5. The first-order chi connectivity index (χ1) is 16.7. The van der Waals surface area contributed by atoms with Gasteiger partial charge in [-0.2, -0.15) is 0 Å². The van der Waals surface area contributed by atoms with Crippen molar-refractivity contribution in [1.29, 1.82) is 0 Å². The maximum atomic E-state index is 13.5. The molecule has 36 heavy (non-hydrogen) atoms. The Hall–Kier alpha value is -2.94. The molecule has 196 valence electrons. The number of rotatable bonds is 6. The molecule has 2 aliphatic carbocycles. The summed E-state index contributed by atoms with van der Waals surface area (Å²) >= 11 is 0. The van der Waals surface area contributed by atoms with E-state index in [-0.39, 0.29) is 23.1 Å². The first kappa shape index (κ1) is 27.6. The van der Waals surface area contributed by atoms with Crippen molar-refractivity contribution in [1.82, 2.24) is 0 Å². The molecular weight excluding hydrogens is 464 g/mol. The van der Waals surface area contributed by atoms with Gasteiger partial charge in [0.25, 0.3) is 0 Å². The number of hydrogen-bond acceptors (Lipinski definition) is 8. The van der Waals surface area contributed by atoms with Gasteiger partial charge in [0.05, 0.1) is 5.41 Å². The summed E-state index contributed by atoms with van der Waals surface area (Å²) in [5.41, 5.74) is -6.32. The topological polar surface area (TPSA) is 145 Å². The van der Waals surface area contributed by atoms with Gasteiger partial charge >= 0.3 is 0 Å². The number of aliphatic hydroxyl groups excluding tert-OH is 3. The standard InChI is InChI=1S/C28H36O8/c1-7-9-11-13-18(29)17-15-25(4,34)28(35)26(5,24(17)33)22-20(19(30)14-12-10-8-2)21(31)16(3)23(32)27(22,6)36-28/h7-10,12,14,22,30-31,33-35H,11,13,15H2,1-6H3/b9-7+,10-8+,14-12+,20-19+/t22-,25+,26-,27+,28+/m1/s1. The summed E-state index contributed by atoms with van der Waals surface area (Å²) in [7, 11) is 0. The molecular formula is C28H36O8. The molecule has 1 heterocycles. The Kier molecular flexibility index (Phi) is 7.05. The largest absolute Gasteiger partial charge is 0.511 e. The van der Waals surface area contributed by atoms with Crippen LogP contribution in [0.25, 0.3) is 0 Å². The third-order valence-electron chi connectivity index (χ3n) is 7.86. The van der Waals surface area contributed by atoms with E-state index in [9.17, 15) is 35.1 Å². The van der Waals surface area contributed by atoms with Crippen LogP contribution in [-0.2, 0) is 14.3 Å². The number of carbonyl (C=O) groups is 2. The number of fused-ring (bicyclic) bond motifs is 3. The van der Waals surface area contributed by atoms with Gasteiger partial charge in [0.1, 0.15) is 28.5 Å². The smallest absolute Gasteiger partial charge is 0.209 e. The molecule has 0 saturated carbocycles. The van der Waals surface area contributed by atoms with Crippen molar-refractivity contribution in [3.05, 3.63) is 70.5 Å². The maximum Gasteiger partial charge on any atom is 0.209 e. The first-order valence-corrected chi connectivity index (χ1v) is 12.0. The van der Waals surface area contributed by atoms with Crippen molar-refractivity contribution in [3.63, 3.8) is 0 Å². The quantitative estimate of drug-likeness (QED) is 0.206. The lowest BCUT2D eigenvalue weighted by molar-refractivity contribution is -0.330. The summed E-state index contributed by atoms with van der Waals surface area (Å²) in [6, 6.07) is 0. The highest BCUT2D eigenvalue weighted by Crippen LogP contribution is 2.68. The van der Waals surface area contributed by atoms with Crippen LogP contribution in [-0.4, -0.2) is 54.1 Å². The Morgan fingerprint density at radius 2 is 1.75 bits per heavy atom. The molecule has 0 amide bonds. The summed E-state index contributed by atoms with van der Waals surface area (Å²) in [6.45, 7) is 8.99. The van der Waals surface area contributed by atoms with Gasteiger partial charge in [-0.3, -0.25) is 9.59 Å². The van der Waals surface area contributed by atoms with Gasteiger partial charge < -0.3 is 30.3 Å². The van der Waals surface area contributed by atoms with Crippen LogP contribution >= 0.6 is 0 Å². The fourth-order valence-corrected chi connectivity index (χ4v) is 5.99. The van der Waals surface area contributed by atoms with Crippen LogP contribution < -0.4 is 0 Å². The molecule has 8 nitrogen and oxygen atoms in total. The van der Waals surface area contributed by atoms with Crippen LogP contribution in [0.4, 0.5) is 0 Å². The van der Waals surface area contributed by atoms with E-state index in [1.807, 2.05) is 6.92 Å². The van der Waals surface area contributed by atoms with Gasteiger partial charge in [-0.05, 0) is 54.0 Å². The minimum absolute atomic E-state index is 0.0559. The van der Waals surface area contributed by atoms with Crippen LogP contribution in [0.15, 0.2) is 70.5 Å². The Morgan fingerprint density at radius 3 is 2.33 bits per heavy atom. The lowest BCUT2D eigenvalue weighted by Crippen LogP contribution is -2.65. The number of ketones is 2. The Bertz CT molecular complexity index is 1160. The SMILES string of the molecule is C/C=C/C=C/C(O)=C1/C(O)=C(C)C(=O)[C@@]2(C)O[C@@]3(O)[C@@](C)(O)CC(C(=O)CC/C=C/C)=C(O)[C@@]3(C)[C@@H]12. The van der Waals surface area contributed by atoms with E-state index < -0.39 is 63.6 Å². The summed E-state index contributed by atoms with van der Waals surface area (Å²) < 4.78 is 6.01. The van der Waals surface area contributed by atoms with Gasteiger partial charge in [-0.15, -0.1) is 0 Å². The fourth-order valence-electron chi connectivity index (χ4n) is 5.99. The summed E-state index contributed by atoms with van der Waals surface area (Å²) in [4.78, 5) is 26.6. The minimum atomic E-state index is -2.55. The van der Waals surface area contributed by atoms with E-state index >= 15 is 0 Å². The second kappa shape index (κ2) is 9.18. The van der Waals surface area contributed by atoms with E-state index in [1.54, 1.807) is 31.2 Å². The van der Waals surface area contributed by atoms with E-state index in [1.165, 1.54) is 39.8 Å². The van der Waals surface area contributed by atoms with Crippen molar-refractivity contribution in [3.8, 4) is 0 Å². The van der Waals surface area contributed by atoms with Crippen LogP contribution in [0.5, 0.6) is 0 Å². The third kappa shape index (κ3) is 3.62. The van der Waals surface area contributed by atoms with E-state index in [0.717, 1.165) is 0 Å². The molecule has 0 aromatic carbocycles. The van der Waals surface area contributed by atoms with Crippen LogP contribution in [0.1, 0.15) is 60.8 Å². The average molecular weight is 501 g/mol. The predicted octanol–water partition coefficient (Wildman–Crippen LogP) is 4.34. The van der Waals surface area contributed by atoms with Crippen molar-refractivity contribution < 1.29 is 39.9 Å². The van der Waals surface area contributed by atoms with Gasteiger partial charge in [-0.1, -0.05) is 30.4 Å². The number of Topliss-reactive ketones (excluding diaryl/α,β-unsaturated/α-hetero) is 2. The highest BCUT2D eigenvalue weighted by Gasteiger charge is 2.80. The molecule has 0 aromatic rings. The number of allylic oxidation sites excluding steroid dienone is 7. The van der Waals surface area contributed by atoms with Crippen LogP contribution in [0.2, 0.25) is 0 Å². The summed E-state index contributed by atoms with van der Waals surface area (Å²) in [5.74, 6) is -6.48. The van der Waals surface area contributed by atoms with Gasteiger partial charge in [0.15, 0.2) is 11.6 Å². The second-order valence-electron chi connectivity index (χ2n) is 10.3. The molecule has 0 unspecified atom stereocenters. The Balaban J connectivity index is 2.38.